The summed E-state index contributed by atoms with van der Waals surface area (Å²) in [5.41, 5.74) is 3.76. The number of fused-ring (bicyclic) bond motifs is 1. The minimum absolute atomic E-state index is 0.149. The molecule has 4 atom stereocenters. The monoisotopic (exact) mass is 367 g/mol. The summed E-state index contributed by atoms with van der Waals surface area (Å²) in [5.74, 6) is -1.91. The fourth-order valence-electron chi connectivity index (χ4n) is 2.46. The number of nitrogens with two attached hydrogens (primary N) is 1. The van der Waals surface area contributed by atoms with Crippen molar-refractivity contribution < 1.29 is 36.2 Å². The van der Waals surface area contributed by atoms with E-state index < -0.39 is 49.3 Å². The number of ketones is 1. The molecule has 9 heteroatoms. The third-order valence-electron chi connectivity index (χ3n) is 3.98. The van der Waals surface area contributed by atoms with Gasteiger partial charge in [0.25, 0.3) is 0 Å². The molecule has 1 aromatic heterocycles. The third kappa shape index (κ3) is 4.65. The zero-order valence-corrected chi connectivity index (χ0v) is 13.8. The molecule has 26 heavy (non-hydrogen) atoms. The van der Waals surface area contributed by atoms with Gasteiger partial charge in [-0.2, -0.15) is 0 Å². The Kier molecular flexibility index (Phi) is 6.31. The quantitative estimate of drug-likeness (QED) is 0.268. The van der Waals surface area contributed by atoms with Crippen molar-refractivity contribution in [3.05, 3.63) is 36.0 Å². The molecule has 142 valence electrons. The number of rotatable bonds is 10. The first-order valence-electron chi connectivity index (χ1n) is 8.45. The van der Waals surface area contributed by atoms with E-state index in [-0.39, 0.29) is 6.42 Å². The van der Waals surface area contributed by atoms with Gasteiger partial charge in [-0.05, 0) is 11.6 Å². The predicted molar refractivity (Wildman–Crippen MR) is 91.1 cm³/mol. The van der Waals surface area contributed by atoms with Gasteiger partial charge in [0.1, 0.15) is 39.0 Å². The van der Waals surface area contributed by atoms with Gasteiger partial charge in [-0.25, -0.2) is 0 Å². The average Bonchev–Trinajstić information content (AvgIpc) is 3.10. The molecule has 9 nitrogen and oxygen atoms in total. The molecular formula is C17H22N2O7. The minimum Gasteiger partial charge on any atom is -0.462 e. The van der Waals surface area contributed by atoms with Gasteiger partial charge in [0.2, 0.25) is 0 Å². The molecule has 7 N–H and O–H groups in total. The highest BCUT2D eigenvalue weighted by atomic mass is 16.5. The van der Waals surface area contributed by atoms with E-state index in [1.54, 1.807) is 6.20 Å². The van der Waals surface area contributed by atoms with Crippen LogP contribution in [-0.4, -0.2) is 74.7 Å². The zero-order chi connectivity index (χ0) is 20.0. The molecule has 0 saturated carbocycles. The second kappa shape index (κ2) is 8.88. The van der Waals surface area contributed by atoms with Crippen LogP contribution in [0.15, 0.2) is 30.5 Å². The number of carbonyl (C=O) groups is 2. The number of aliphatic hydroxyl groups excluding tert-OH is 4. The van der Waals surface area contributed by atoms with Crippen molar-refractivity contribution in [2.75, 3.05) is 13.2 Å². The van der Waals surface area contributed by atoms with E-state index in [1.165, 1.54) is 0 Å². The lowest BCUT2D eigenvalue weighted by atomic mass is 10.0. The van der Waals surface area contributed by atoms with E-state index in [0.29, 0.717) is 0 Å². The van der Waals surface area contributed by atoms with Crippen molar-refractivity contribution in [3.8, 4) is 0 Å². The topological polar surface area (TPSA) is 166 Å². The lowest BCUT2D eigenvalue weighted by Crippen LogP contribution is -2.46. The fraction of sp³-hybridized carbons (Fsp3) is 0.412. The Hall–Kier alpha value is -2.30. The molecule has 2 aromatic rings. The van der Waals surface area contributed by atoms with Gasteiger partial charge in [-0.3, -0.25) is 9.59 Å². The number of para-hydroxylation sites is 1. The van der Waals surface area contributed by atoms with Crippen LogP contribution in [0.1, 0.15) is 5.56 Å². The highest BCUT2D eigenvalue weighted by molar-refractivity contribution is 5.85. The molecule has 0 fully saturated rings. The van der Waals surface area contributed by atoms with Crippen molar-refractivity contribution in [2.24, 2.45) is 5.73 Å². The molecule has 1 aromatic carbocycles. The molecule has 1 heterocycles. The number of aromatic amines is 1. The number of benzene rings is 1. The van der Waals surface area contributed by atoms with Crippen LogP contribution < -0.4 is 5.73 Å². The Balaban J connectivity index is 1.94. The maximum absolute atomic E-state index is 12.1. The summed E-state index contributed by atoms with van der Waals surface area (Å²) in [4.78, 5) is 26.3. The second-order valence-electron chi connectivity index (χ2n) is 5.87. The molecule has 2 rings (SSSR count). The molecule has 0 radical (unpaired) electrons. The van der Waals surface area contributed by atoms with Crippen LogP contribution >= 0.6 is 0 Å². The lowest BCUT2D eigenvalue weighted by Gasteiger charge is -2.22. The van der Waals surface area contributed by atoms with Crippen molar-refractivity contribution in [1.29, 1.82) is 0 Å². The molecule has 0 saturated heterocycles. The van der Waals surface area contributed by atoms with E-state index >= 15 is 0 Å². The SMILES string of the molecule is [2H]N[C@@H](Cc1c[nH]c2ccccc12)C(=O)OC[C@@H](O)[C@@H](O)[C@H](O)C(=O)CO. The van der Waals surface area contributed by atoms with Crippen molar-refractivity contribution >= 4 is 22.7 Å². The smallest absolute Gasteiger partial charge is 0.323 e. The first kappa shape index (κ1) is 18.5. The minimum atomic E-state index is -2.00. The van der Waals surface area contributed by atoms with E-state index in [9.17, 15) is 24.9 Å². The summed E-state index contributed by atoms with van der Waals surface area (Å²) in [7, 11) is 0. The first-order valence-corrected chi connectivity index (χ1v) is 7.95. The number of hydrogen-bond donors (Lipinski definition) is 6. The van der Waals surface area contributed by atoms with Crippen LogP contribution in [0.3, 0.4) is 0 Å². The standard InChI is InChI=1S/C17H22N2O7/c18-11(5-9-6-19-12-4-2-1-3-10(9)12)17(25)26-8-14(22)16(24)15(23)13(21)7-20/h1-4,6,11,14-16,19-20,22-24H,5,7-8,18H2/t11-,14+,15+,16+/m0/s1/i/hD. The number of nitrogens with one attached hydrogen (secondary N) is 1. The Bertz CT molecular complexity index is 781. The van der Waals surface area contributed by atoms with Gasteiger partial charge in [-0.15, -0.1) is 0 Å². The number of Topliss-reactive ketones (excluding diaryl/α,β-unsaturated/α-hetero) is 1. The van der Waals surface area contributed by atoms with Crippen molar-refractivity contribution in [2.45, 2.75) is 30.8 Å². The van der Waals surface area contributed by atoms with Crippen LogP contribution in [-0.2, 0) is 20.7 Å². The third-order valence-corrected chi connectivity index (χ3v) is 3.98. The number of H-pyrrole nitrogens is 1. The number of aliphatic hydroxyl groups is 4. The number of esters is 1. The predicted octanol–water partition coefficient (Wildman–Crippen LogP) is -1.78. The molecule has 0 bridgehead atoms. The Morgan fingerprint density at radius 2 is 2.00 bits per heavy atom. The summed E-state index contributed by atoms with van der Waals surface area (Å²) in [5, 5.41) is 38.4. The summed E-state index contributed by atoms with van der Waals surface area (Å²) < 4.78 is 12.2. The highest BCUT2D eigenvalue weighted by Gasteiger charge is 2.31. The maximum Gasteiger partial charge on any atom is 0.323 e. The van der Waals surface area contributed by atoms with E-state index in [4.69, 9.17) is 11.3 Å². The Labute approximate surface area is 150 Å². The van der Waals surface area contributed by atoms with Crippen molar-refractivity contribution in [1.82, 2.24) is 4.98 Å². The fourth-order valence-corrected chi connectivity index (χ4v) is 2.46. The number of ether oxygens (including phenoxy) is 1. The van der Waals surface area contributed by atoms with E-state index in [0.717, 1.165) is 16.5 Å². The Morgan fingerprint density at radius 1 is 1.27 bits per heavy atom. The highest BCUT2D eigenvalue weighted by Crippen LogP contribution is 2.19. The molecule has 0 amide bonds. The molecule has 0 unspecified atom stereocenters. The Morgan fingerprint density at radius 3 is 2.69 bits per heavy atom. The number of aromatic nitrogens is 1. The van der Waals surface area contributed by atoms with Crippen LogP contribution in [0.25, 0.3) is 10.9 Å². The van der Waals surface area contributed by atoms with Crippen LogP contribution in [0.2, 0.25) is 1.41 Å². The molecule has 0 aliphatic heterocycles. The summed E-state index contributed by atoms with van der Waals surface area (Å²) in [6.45, 7) is -1.69. The largest absolute Gasteiger partial charge is 0.462 e. The van der Waals surface area contributed by atoms with E-state index in [1.807, 2.05) is 24.3 Å². The summed E-state index contributed by atoms with van der Waals surface area (Å²) in [6, 6.07) is 6.42. The number of carbonyl (C=O) groups excluding carboxylic acids is 2. The van der Waals surface area contributed by atoms with Gasteiger partial charge < -0.3 is 35.9 Å². The second-order valence-corrected chi connectivity index (χ2v) is 5.87. The molecular weight excluding hydrogens is 344 g/mol. The summed E-state index contributed by atoms with van der Waals surface area (Å²) in [6.07, 6.45) is -3.79. The van der Waals surface area contributed by atoms with Crippen molar-refractivity contribution in [3.63, 3.8) is 0 Å². The van der Waals surface area contributed by atoms with Crippen LogP contribution in [0.5, 0.6) is 0 Å². The van der Waals surface area contributed by atoms with Gasteiger partial charge >= 0.3 is 5.97 Å². The lowest BCUT2D eigenvalue weighted by molar-refractivity contribution is -0.155. The summed E-state index contributed by atoms with van der Waals surface area (Å²) >= 11 is 0. The maximum atomic E-state index is 12.1. The molecule has 0 spiro atoms. The first-order chi connectivity index (χ1) is 12.9. The normalized spacial score (nSPS) is 16.5. The zero-order valence-electron chi connectivity index (χ0n) is 14.8. The number of hydrogen-bond acceptors (Lipinski definition) is 8. The molecule has 0 aliphatic carbocycles. The van der Waals surface area contributed by atoms with E-state index in [2.05, 4.69) is 10.7 Å². The van der Waals surface area contributed by atoms with Gasteiger partial charge in [-0.1, -0.05) is 18.2 Å². The van der Waals surface area contributed by atoms with Gasteiger partial charge in [0.05, 0.1) is 0 Å². The van der Waals surface area contributed by atoms with Crippen LogP contribution in [0.4, 0.5) is 0 Å². The average molecular weight is 367 g/mol. The molecule has 0 aliphatic rings. The van der Waals surface area contributed by atoms with Crippen LogP contribution in [0, 0.1) is 0 Å². The van der Waals surface area contributed by atoms with Gasteiger partial charge in [0.15, 0.2) is 5.78 Å². The van der Waals surface area contributed by atoms with Gasteiger partial charge in [0, 0.05) is 23.5 Å².